The molecule has 2 N–H and O–H groups in total. The molecule has 0 bridgehead atoms. The number of phenols is 1. The molecule has 4 heteroatoms. The zero-order chi connectivity index (χ0) is 11.5. The Morgan fingerprint density at radius 2 is 2.31 bits per heavy atom. The number of rotatable bonds is 3. The van der Waals surface area contributed by atoms with Crippen LogP contribution in [0.25, 0.3) is 0 Å². The number of fused-ring (bicyclic) bond motifs is 1. The molecule has 86 valence electrons. The maximum absolute atomic E-state index is 10.4. The van der Waals surface area contributed by atoms with Crippen molar-refractivity contribution in [1.82, 2.24) is 0 Å². The molecule has 1 unspecified atom stereocenters. The van der Waals surface area contributed by atoms with Crippen molar-refractivity contribution in [3.8, 4) is 11.5 Å². The maximum Gasteiger partial charge on any atom is 0.303 e. The SMILES string of the molecule is O=C(O)CCC1CCc2cc(O)ccc2O1. The Bertz CT molecular complexity index is 400. The standard InChI is InChI=1S/C12H14O4/c13-9-2-5-11-8(7-9)1-3-10(16-11)4-6-12(14)15/h2,5,7,10,13H,1,3-4,6H2,(H,14,15). The summed E-state index contributed by atoms with van der Waals surface area (Å²) < 4.78 is 5.66. The topological polar surface area (TPSA) is 66.8 Å². The summed E-state index contributed by atoms with van der Waals surface area (Å²) in [6.45, 7) is 0. The minimum absolute atomic E-state index is 0.0202. The third-order valence-electron chi connectivity index (χ3n) is 2.75. The molecule has 0 saturated carbocycles. The van der Waals surface area contributed by atoms with Crippen LogP contribution >= 0.6 is 0 Å². The average molecular weight is 222 g/mol. The first-order valence-electron chi connectivity index (χ1n) is 5.35. The Morgan fingerprint density at radius 1 is 1.50 bits per heavy atom. The quantitative estimate of drug-likeness (QED) is 0.820. The van der Waals surface area contributed by atoms with Crippen LogP contribution in [0.1, 0.15) is 24.8 Å². The Morgan fingerprint density at radius 3 is 3.06 bits per heavy atom. The molecule has 0 fully saturated rings. The molecule has 1 aromatic carbocycles. The van der Waals surface area contributed by atoms with Crippen LogP contribution in [0.15, 0.2) is 18.2 Å². The van der Waals surface area contributed by atoms with E-state index in [-0.39, 0.29) is 18.3 Å². The summed E-state index contributed by atoms with van der Waals surface area (Å²) in [6.07, 6.45) is 2.29. The van der Waals surface area contributed by atoms with Crippen LogP contribution in [0.4, 0.5) is 0 Å². The first kappa shape index (κ1) is 10.8. The van der Waals surface area contributed by atoms with Crippen molar-refractivity contribution in [1.29, 1.82) is 0 Å². The fourth-order valence-electron chi connectivity index (χ4n) is 1.92. The number of carboxylic acid groups (broad SMARTS) is 1. The van der Waals surface area contributed by atoms with Crippen molar-refractivity contribution in [2.24, 2.45) is 0 Å². The second-order valence-electron chi connectivity index (χ2n) is 4.00. The largest absolute Gasteiger partial charge is 0.508 e. The number of phenolic OH excluding ortho intramolecular Hbond substituents is 1. The van der Waals surface area contributed by atoms with Gasteiger partial charge in [0.15, 0.2) is 0 Å². The second kappa shape index (κ2) is 4.43. The van der Waals surface area contributed by atoms with Crippen molar-refractivity contribution in [3.05, 3.63) is 23.8 Å². The highest BCUT2D eigenvalue weighted by molar-refractivity contribution is 5.66. The van der Waals surface area contributed by atoms with Crippen LogP contribution in [0.3, 0.4) is 0 Å². The lowest BCUT2D eigenvalue weighted by atomic mass is 9.99. The molecule has 0 aromatic heterocycles. The lowest BCUT2D eigenvalue weighted by Gasteiger charge is -2.25. The van der Waals surface area contributed by atoms with Gasteiger partial charge in [0, 0.05) is 6.42 Å². The summed E-state index contributed by atoms with van der Waals surface area (Å²) in [7, 11) is 0. The van der Waals surface area contributed by atoms with E-state index in [4.69, 9.17) is 9.84 Å². The number of benzene rings is 1. The molecule has 4 nitrogen and oxygen atoms in total. The highest BCUT2D eigenvalue weighted by Crippen LogP contribution is 2.31. The third-order valence-corrected chi connectivity index (χ3v) is 2.75. The molecule has 1 aliphatic rings. The number of aryl methyl sites for hydroxylation is 1. The Kier molecular flexibility index (Phi) is 2.99. The normalized spacial score (nSPS) is 18.6. The van der Waals surface area contributed by atoms with Gasteiger partial charge in [-0.3, -0.25) is 4.79 Å². The number of hydrogen-bond acceptors (Lipinski definition) is 3. The maximum atomic E-state index is 10.4. The van der Waals surface area contributed by atoms with Gasteiger partial charge in [0.2, 0.25) is 0 Å². The lowest BCUT2D eigenvalue weighted by molar-refractivity contribution is -0.137. The average Bonchev–Trinajstić information content (AvgIpc) is 2.26. The van der Waals surface area contributed by atoms with Gasteiger partial charge >= 0.3 is 5.97 Å². The van der Waals surface area contributed by atoms with E-state index < -0.39 is 5.97 Å². The van der Waals surface area contributed by atoms with E-state index in [1.165, 1.54) is 0 Å². The van der Waals surface area contributed by atoms with Gasteiger partial charge in [0.25, 0.3) is 0 Å². The Labute approximate surface area is 93.5 Å². The van der Waals surface area contributed by atoms with Gasteiger partial charge in [0.1, 0.15) is 11.5 Å². The third kappa shape index (κ3) is 2.45. The minimum atomic E-state index is -0.792. The number of ether oxygens (including phenoxy) is 1. The van der Waals surface area contributed by atoms with Gasteiger partial charge < -0.3 is 14.9 Å². The van der Waals surface area contributed by atoms with Crippen molar-refractivity contribution in [2.75, 3.05) is 0 Å². The molecule has 16 heavy (non-hydrogen) atoms. The molecular weight excluding hydrogens is 208 g/mol. The number of aliphatic carboxylic acids is 1. The number of carbonyl (C=O) groups is 1. The van der Waals surface area contributed by atoms with Crippen LogP contribution in [0.5, 0.6) is 11.5 Å². The number of carboxylic acids is 1. The van der Waals surface area contributed by atoms with E-state index in [1.807, 2.05) is 0 Å². The molecule has 0 amide bonds. The van der Waals surface area contributed by atoms with E-state index in [2.05, 4.69) is 0 Å². The molecule has 0 saturated heterocycles. The number of aromatic hydroxyl groups is 1. The Balaban J connectivity index is 2.01. The van der Waals surface area contributed by atoms with Gasteiger partial charge in [-0.2, -0.15) is 0 Å². The summed E-state index contributed by atoms with van der Waals surface area (Å²) in [6, 6.07) is 5.01. The van der Waals surface area contributed by atoms with Crippen LogP contribution < -0.4 is 4.74 Å². The Hall–Kier alpha value is -1.71. The summed E-state index contributed by atoms with van der Waals surface area (Å²) in [5.41, 5.74) is 0.992. The number of hydrogen-bond donors (Lipinski definition) is 2. The van der Waals surface area contributed by atoms with E-state index in [1.54, 1.807) is 18.2 Å². The molecule has 1 aliphatic heterocycles. The lowest BCUT2D eigenvalue weighted by Crippen LogP contribution is -2.23. The van der Waals surface area contributed by atoms with Crippen LogP contribution in [0.2, 0.25) is 0 Å². The van der Waals surface area contributed by atoms with Crippen molar-refractivity contribution in [2.45, 2.75) is 31.8 Å². The fourth-order valence-corrected chi connectivity index (χ4v) is 1.92. The molecule has 0 spiro atoms. The molecule has 2 rings (SSSR count). The molecule has 0 aliphatic carbocycles. The van der Waals surface area contributed by atoms with Gasteiger partial charge in [-0.05, 0) is 43.0 Å². The van der Waals surface area contributed by atoms with E-state index in [0.29, 0.717) is 6.42 Å². The molecule has 1 aromatic rings. The summed E-state index contributed by atoms with van der Waals surface area (Å²) in [5, 5.41) is 17.9. The van der Waals surface area contributed by atoms with Crippen LogP contribution in [0, 0.1) is 0 Å². The zero-order valence-electron chi connectivity index (χ0n) is 8.85. The predicted octanol–water partition coefficient (Wildman–Crippen LogP) is 1.95. The van der Waals surface area contributed by atoms with E-state index >= 15 is 0 Å². The van der Waals surface area contributed by atoms with E-state index in [0.717, 1.165) is 24.2 Å². The first-order chi connectivity index (χ1) is 7.65. The van der Waals surface area contributed by atoms with E-state index in [9.17, 15) is 9.90 Å². The highest BCUT2D eigenvalue weighted by atomic mass is 16.5. The van der Waals surface area contributed by atoms with Crippen molar-refractivity contribution >= 4 is 5.97 Å². The summed E-state index contributed by atoms with van der Waals surface area (Å²) in [5.74, 6) is 0.214. The van der Waals surface area contributed by atoms with Crippen LogP contribution in [-0.2, 0) is 11.2 Å². The molecular formula is C12H14O4. The van der Waals surface area contributed by atoms with Crippen molar-refractivity contribution < 1.29 is 19.7 Å². The van der Waals surface area contributed by atoms with Crippen molar-refractivity contribution in [3.63, 3.8) is 0 Å². The molecule has 1 atom stereocenters. The highest BCUT2D eigenvalue weighted by Gasteiger charge is 2.20. The van der Waals surface area contributed by atoms with Crippen LogP contribution in [-0.4, -0.2) is 22.3 Å². The fraction of sp³-hybridized carbons (Fsp3) is 0.417. The van der Waals surface area contributed by atoms with Gasteiger partial charge in [-0.1, -0.05) is 0 Å². The summed E-state index contributed by atoms with van der Waals surface area (Å²) >= 11 is 0. The van der Waals surface area contributed by atoms with Gasteiger partial charge in [-0.15, -0.1) is 0 Å². The zero-order valence-corrected chi connectivity index (χ0v) is 8.85. The smallest absolute Gasteiger partial charge is 0.303 e. The molecule has 0 radical (unpaired) electrons. The predicted molar refractivity (Wildman–Crippen MR) is 57.7 cm³/mol. The second-order valence-corrected chi connectivity index (χ2v) is 4.00. The summed E-state index contributed by atoms with van der Waals surface area (Å²) in [4.78, 5) is 10.4. The van der Waals surface area contributed by atoms with Gasteiger partial charge in [-0.25, -0.2) is 0 Å². The monoisotopic (exact) mass is 222 g/mol. The minimum Gasteiger partial charge on any atom is -0.508 e. The molecule has 1 heterocycles. The van der Waals surface area contributed by atoms with Gasteiger partial charge in [0.05, 0.1) is 6.10 Å². The first-order valence-corrected chi connectivity index (χ1v) is 5.35.